The number of sulfonamides is 1. The zero-order chi connectivity index (χ0) is 13.9. The molecule has 0 aliphatic heterocycles. The van der Waals surface area contributed by atoms with E-state index in [-0.39, 0.29) is 4.90 Å². The van der Waals surface area contributed by atoms with Gasteiger partial charge in [-0.15, -0.1) is 0 Å². The molecule has 0 aliphatic rings. The highest BCUT2D eigenvalue weighted by Gasteiger charge is 2.06. The molecule has 4 N–H and O–H groups in total. The maximum absolute atomic E-state index is 11.1. The van der Waals surface area contributed by atoms with E-state index in [1.54, 1.807) is 12.1 Å². The largest absolute Gasteiger partial charge is 0.301 e. The smallest absolute Gasteiger partial charge is 0.238 e. The minimum atomic E-state index is -3.64. The molecule has 0 radical (unpaired) electrons. The summed E-state index contributed by atoms with van der Waals surface area (Å²) in [5, 5.41) is 5.02. The van der Waals surface area contributed by atoms with Crippen molar-refractivity contribution in [1.29, 1.82) is 0 Å². The Hall–Kier alpha value is -2.05. The lowest BCUT2D eigenvalue weighted by atomic mass is 10.2. The molecule has 0 bridgehead atoms. The van der Waals surface area contributed by atoms with Crippen molar-refractivity contribution >= 4 is 21.4 Å². The second-order valence-corrected chi connectivity index (χ2v) is 5.75. The van der Waals surface area contributed by atoms with E-state index < -0.39 is 10.0 Å². The molecule has 0 fully saturated rings. The van der Waals surface area contributed by atoms with Gasteiger partial charge >= 0.3 is 0 Å². The molecular formula is C13H15N3O2S. The van der Waals surface area contributed by atoms with Crippen LogP contribution in [0.25, 0.3) is 0 Å². The minimum Gasteiger partial charge on any atom is -0.301 e. The number of hydrogen-bond donors (Lipinski definition) is 3. The fourth-order valence-corrected chi connectivity index (χ4v) is 2.02. The predicted molar refractivity (Wildman–Crippen MR) is 76.2 cm³/mol. The Kier molecular flexibility index (Phi) is 3.73. The fraction of sp³-hybridized carbons (Fsp3) is 0.0769. The Morgan fingerprint density at radius 2 is 1.26 bits per heavy atom. The normalized spacial score (nSPS) is 11.1. The third-order valence-corrected chi connectivity index (χ3v) is 3.51. The van der Waals surface area contributed by atoms with Crippen LogP contribution >= 0.6 is 0 Å². The van der Waals surface area contributed by atoms with Gasteiger partial charge in [-0.1, -0.05) is 17.7 Å². The molecule has 0 amide bonds. The molecule has 19 heavy (non-hydrogen) atoms. The average molecular weight is 277 g/mol. The molecule has 0 heterocycles. The summed E-state index contributed by atoms with van der Waals surface area (Å²) in [6, 6.07) is 14.1. The summed E-state index contributed by atoms with van der Waals surface area (Å²) in [7, 11) is -3.64. The van der Waals surface area contributed by atoms with Gasteiger partial charge in [0.2, 0.25) is 10.0 Å². The zero-order valence-corrected chi connectivity index (χ0v) is 11.2. The van der Waals surface area contributed by atoms with Gasteiger partial charge < -0.3 is 10.9 Å². The van der Waals surface area contributed by atoms with E-state index in [0.29, 0.717) is 0 Å². The highest BCUT2D eigenvalue weighted by molar-refractivity contribution is 7.89. The standard InChI is InChI=1S/C13H15N3O2S/c1-10-2-4-11(5-3-10)15-16-12-6-8-13(9-7-12)19(14,17)18/h2-9,15-16H,1H3,(H2,14,17,18). The van der Waals surface area contributed by atoms with Crippen molar-refractivity contribution in [3.05, 3.63) is 54.1 Å². The van der Waals surface area contributed by atoms with E-state index in [0.717, 1.165) is 11.4 Å². The number of anilines is 2. The van der Waals surface area contributed by atoms with Crippen molar-refractivity contribution < 1.29 is 8.42 Å². The molecule has 2 aromatic rings. The molecule has 0 aliphatic carbocycles. The van der Waals surface area contributed by atoms with Crippen molar-refractivity contribution in [1.82, 2.24) is 0 Å². The van der Waals surface area contributed by atoms with Crippen LogP contribution < -0.4 is 16.0 Å². The van der Waals surface area contributed by atoms with Crippen LogP contribution in [-0.4, -0.2) is 8.42 Å². The maximum Gasteiger partial charge on any atom is 0.238 e. The summed E-state index contributed by atoms with van der Waals surface area (Å²) < 4.78 is 22.2. The molecule has 5 nitrogen and oxygen atoms in total. The number of primary sulfonamides is 1. The minimum absolute atomic E-state index is 0.0911. The first-order valence-corrected chi connectivity index (χ1v) is 7.21. The number of hydrazine groups is 1. The Bertz CT molecular complexity index is 649. The van der Waals surface area contributed by atoms with E-state index >= 15 is 0 Å². The third-order valence-electron chi connectivity index (χ3n) is 2.59. The zero-order valence-electron chi connectivity index (χ0n) is 10.4. The van der Waals surface area contributed by atoms with Crippen molar-refractivity contribution in [2.45, 2.75) is 11.8 Å². The van der Waals surface area contributed by atoms with E-state index in [2.05, 4.69) is 10.9 Å². The van der Waals surface area contributed by atoms with E-state index in [9.17, 15) is 8.42 Å². The number of hydrogen-bond acceptors (Lipinski definition) is 4. The Morgan fingerprint density at radius 1 is 0.842 bits per heavy atom. The summed E-state index contributed by atoms with van der Waals surface area (Å²) >= 11 is 0. The third kappa shape index (κ3) is 3.70. The maximum atomic E-state index is 11.1. The Balaban J connectivity index is 2.02. The number of nitrogens with two attached hydrogens (primary N) is 1. The van der Waals surface area contributed by atoms with Crippen LogP contribution in [-0.2, 0) is 10.0 Å². The molecule has 6 heteroatoms. The molecule has 0 atom stereocenters. The van der Waals surface area contributed by atoms with Gasteiger partial charge in [-0.3, -0.25) is 0 Å². The number of nitrogens with one attached hydrogen (secondary N) is 2. The van der Waals surface area contributed by atoms with Crippen molar-refractivity contribution in [3.63, 3.8) is 0 Å². The Labute approximate surface area is 112 Å². The summed E-state index contributed by atoms with van der Waals surface area (Å²) in [6.45, 7) is 2.02. The van der Waals surface area contributed by atoms with Crippen molar-refractivity contribution in [2.24, 2.45) is 5.14 Å². The molecule has 0 aromatic heterocycles. The van der Waals surface area contributed by atoms with Gasteiger partial charge in [0.25, 0.3) is 0 Å². The van der Waals surface area contributed by atoms with Gasteiger partial charge in [-0.25, -0.2) is 13.6 Å². The van der Waals surface area contributed by atoms with Gasteiger partial charge in [0.05, 0.1) is 16.3 Å². The average Bonchev–Trinajstić information content (AvgIpc) is 2.37. The van der Waals surface area contributed by atoms with Crippen LogP contribution in [0.15, 0.2) is 53.4 Å². The van der Waals surface area contributed by atoms with E-state index in [4.69, 9.17) is 5.14 Å². The Morgan fingerprint density at radius 3 is 1.68 bits per heavy atom. The van der Waals surface area contributed by atoms with Gasteiger partial charge in [-0.05, 0) is 43.3 Å². The molecule has 100 valence electrons. The lowest BCUT2D eigenvalue weighted by Gasteiger charge is -2.10. The highest BCUT2D eigenvalue weighted by Crippen LogP contribution is 2.14. The number of rotatable bonds is 4. The summed E-state index contributed by atoms with van der Waals surface area (Å²) in [5.41, 5.74) is 8.83. The molecule has 0 saturated carbocycles. The highest BCUT2D eigenvalue weighted by atomic mass is 32.2. The fourth-order valence-electron chi connectivity index (χ4n) is 1.51. The van der Waals surface area contributed by atoms with Crippen molar-refractivity contribution in [3.8, 4) is 0 Å². The van der Waals surface area contributed by atoms with Gasteiger partial charge in [0, 0.05) is 0 Å². The number of benzene rings is 2. The van der Waals surface area contributed by atoms with Crippen LogP contribution in [0.5, 0.6) is 0 Å². The van der Waals surface area contributed by atoms with Gasteiger partial charge in [0.1, 0.15) is 0 Å². The topological polar surface area (TPSA) is 84.2 Å². The second kappa shape index (κ2) is 5.29. The summed E-state index contributed by atoms with van der Waals surface area (Å²) in [5.74, 6) is 0. The molecule has 0 unspecified atom stereocenters. The lowest BCUT2D eigenvalue weighted by Crippen LogP contribution is -2.12. The van der Waals surface area contributed by atoms with Crippen LogP contribution in [0.4, 0.5) is 11.4 Å². The lowest BCUT2D eigenvalue weighted by molar-refractivity contribution is 0.598. The first-order chi connectivity index (χ1) is 8.95. The van der Waals surface area contributed by atoms with E-state index in [1.807, 2.05) is 31.2 Å². The first-order valence-electron chi connectivity index (χ1n) is 5.67. The van der Waals surface area contributed by atoms with Gasteiger partial charge in [0.15, 0.2) is 0 Å². The van der Waals surface area contributed by atoms with Crippen LogP contribution in [0.3, 0.4) is 0 Å². The quantitative estimate of drug-likeness (QED) is 0.747. The van der Waals surface area contributed by atoms with Gasteiger partial charge in [-0.2, -0.15) is 0 Å². The van der Waals surface area contributed by atoms with Crippen LogP contribution in [0.1, 0.15) is 5.56 Å². The van der Waals surface area contributed by atoms with Crippen LogP contribution in [0, 0.1) is 6.92 Å². The molecular weight excluding hydrogens is 262 g/mol. The van der Waals surface area contributed by atoms with E-state index in [1.165, 1.54) is 17.7 Å². The SMILES string of the molecule is Cc1ccc(NNc2ccc(S(N)(=O)=O)cc2)cc1. The van der Waals surface area contributed by atoms with Crippen molar-refractivity contribution in [2.75, 3.05) is 10.9 Å². The second-order valence-electron chi connectivity index (χ2n) is 4.19. The first kappa shape index (κ1) is 13.4. The summed E-state index contributed by atoms with van der Waals surface area (Å²) in [4.78, 5) is 0.0911. The number of aryl methyl sites for hydroxylation is 1. The molecule has 0 spiro atoms. The summed E-state index contributed by atoms with van der Waals surface area (Å²) in [6.07, 6.45) is 0. The predicted octanol–water partition coefficient (Wildman–Crippen LogP) is 2.08. The monoisotopic (exact) mass is 277 g/mol. The van der Waals surface area contributed by atoms with Crippen LogP contribution in [0.2, 0.25) is 0 Å². The molecule has 2 aromatic carbocycles. The molecule has 2 rings (SSSR count). The molecule has 0 saturated heterocycles.